The van der Waals surface area contributed by atoms with Crippen LogP contribution < -0.4 is 5.32 Å². The number of aromatic carboxylic acids is 1. The van der Waals surface area contributed by atoms with E-state index in [1.54, 1.807) is 0 Å². The number of para-hydroxylation sites is 1. The maximum atomic E-state index is 13.7. The second-order valence-electron chi connectivity index (χ2n) is 4.23. The van der Waals surface area contributed by atoms with E-state index in [1.807, 2.05) is 0 Å². The second kappa shape index (κ2) is 5.06. The molecule has 0 unspecified atom stereocenters. The Labute approximate surface area is 123 Å². The van der Waals surface area contributed by atoms with Gasteiger partial charge in [-0.2, -0.15) is 4.98 Å². The van der Waals surface area contributed by atoms with Crippen molar-refractivity contribution in [2.24, 2.45) is 0 Å². The molecule has 0 saturated carbocycles. The van der Waals surface area contributed by atoms with E-state index in [0.29, 0.717) is 5.52 Å². The van der Waals surface area contributed by atoms with Crippen molar-refractivity contribution in [3.05, 3.63) is 52.8 Å². The van der Waals surface area contributed by atoms with Gasteiger partial charge in [0.2, 0.25) is 0 Å². The number of fused-ring (bicyclic) bond motifs is 1. The fourth-order valence-corrected chi connectivity index (χ4v) is 2.05. The summed E-state index contributed by atoms with van der Waals surface area (Å²) in [6.45, 7) is 0. The van der Waals surface area contributed by atoms with Crippen LogP contribution in [0, 0.1) is 5.82 Å². The summed E-state index contributed by atoms with van der Waals surface area (Å²) in [5.41, 5.74) is 0.859. The lowest BCUT2D eigenvalue weighted by Gasteiger charge is -2.04. The summed E-state index contributed by atoms with van der Waals surface area (Å²) in [7, 11) is 0. The van der Waals surface area contributed by atoms with Crippen molar-refractivity contribution in [1.82, 2.24) is 4.98 Å². The fourth-order valence-electron chi connectivity index (χ4n) is 1.84. The predicted octanol–water partition coefficient (Wildman–Crippen LogP) is 4.06. The van der Waals surface area contributed by atoms with Gasteiger partial charge in [-0.05, 0) is 30.3 Å². The van der Waals surface area contributed by atoms with Gasteiger partial charge in [-0.25, -0.2) is 9.18 Å². The van der Waals surface area contributed by atoms with Crippen molar-refractivity contribution in [2.45, 2.75) is 0 Å². The predicted molar refractivity (Wildman–Crippen MR) is 75.7 cm³/mol. The van der Waals surface area contributed by atoms with Crippen LogP contribution >= 0.6 is 11.6 Å². The van der Waals surface area contributed by atoms with Gasteiger partial charge < -0.3 is 14.8 Å². The van der Waals surface area contributed by atoms with Crippen molar-refractivity contribution >= 4 is 40.4 Å². The Bertz CT molecular complexity index is 827. The Kier molecular flexibility index (Phi) is 3.23. The minimum Gasteiger partial charge on any atom is -0.478 e. The maximum Gasteiger partial charge on any atom is 0.335 e. The number of carbonyl (C=O) groups is 1. The van der Waals surface area contributed by atoms with Crippen molar-refractivity contribution in [2.75, 3.05) is 5.32 Å². The van der Waals surface area contributed by atoms with Gasteiger partial charge in [0.1, 0.15) is 11.3 Å². The SMILES string of the molecule is O=C(O)c1ccc2nc(Nc3c(F)cccc3Cl)oc2c1. The summed E-state index contributed by atoms with van der Waals surface area (Å²) in [5.74, 6) is -1.61. The summed E-state index contributed by atoms with van der Waals surface area (Å²) in [6, 6.07) is 8.55. The molecule has 0 amide bonds. The molecular formula is C14H8ClFN2O3. The van der Waals surface area contributed by atoms with Crippen LogP contribution in [0.15, 0.2) is 40.8 Å². The third kappa shape index (κ3) is 2.53. The molecule has 3 rings (SSSR count). The number of halogens is 2. The van der Waals surface area contributed by atoms with Gasteiger partial charge in [0.25, 0.3) is 6.01 Å². The monoisotopic (exact) mass is 306 g/mol. The third-order valence-corrected chi connectivity index (χ3v) is 3.15. The topological polar surface area (TPSA) is 75.4 Å². The number of hydrogen-bond donors (Lipinski definition) is 2. The number of hydrogen-bond acceptors (Lipinski definition) is 4. The van der Waals surface area contributed by atoms with E-state index in [0.717, 1.165) is 0 Å². The van der Waals surface area contributed by atoms with Crippen LogP contribution in [0.1, 0.15) is 10.4 Å². The van der Waals surface area contributed by atoms with Gasteiger partial charge >= 0.3 is 5.97 Å². The average molecular weight is 307 g/mol. The molecule has 0 saturated heterocycles. The summed E-state index contributed by atoms with van der Waals surface area (Å²) in [6.07, 6.45) is 0. The molecular weight excluding hydrogens is 299 g/mol. The Morgan fingerprint density at radius 2 is 2.14 bits per heavy atom. The Morgan fingerprint density at radius 3 is 2.86 bits per heavy atom. The highest BCUT2D eigenvalue weighted by atomic mass is 35.5. The molecule has 1 aromatic heterocycles. The van der Waals surface area contributed by atoms with Crippen LogP contribution in [-0.2, 0) is 0 Å². The van der Waals surface area contributed by atoms with E-state index in [4.69, 9.17) is 21.1 Å². The maximum absolute atomic E-state index is 13.7. The number of carboxylic acid groups (broad SMARTS) is 1. The molecule has 2 N–H and O–H groups in total. The third-order valence-electron chi connectivity index (χ3n) is 2.83. The van der Waals surface area contributed by atoms with E-state index >= 15 is 0 Å². The van der Waals surface area contributed by atoms with E-state index < -0.39 is 11.8 Å². The molecule has 106 valence electrons. The van der Waals surface area contributed by atoms with Crippen molar-refractivity contribution in [3.8, 4) is 0 Å². The van der Waals surface area contributed by atoms with Gasteiger partial charge in [-0.15, -0.1) is 0 Å². The van der Waals surface area contributed by atoms with E-state index in [-0.39, 0.29) is 27.9 Å². The number of rotatable bonds is 3. The number of benzene rings is 2. The van der Waals surface area contributed by atoms with Crippen LogP contribution in [0.2, 0.25) is 5.02 Å². The van der Waals surface area contributed by atoms with Crippen LogP contribution in [0.4, 0.5) is 16.1 Å². The van der Waals surface area contributed by atoms with Gasteiger partial charge in [0.05, 0.1) is 16.3 Å². The van der Waals surface area contributed by atoms with Crippen molar-refractivity contribution < 1.29 is 18.7 Å². The molecule has 0 aliphatic carbocycles. The quantitative estimate of drug-likeness (QED) is 0.763. The molecule has 5 nitrogen and oxygen atoms in total. The minimum atomic E-state index is -1.07. The number of nitrogens with zero attached hydrogens (tertiary/aromatic N) is 1. The van der Waals surface area contributed by atoms with Crippen LogP contribution in [-0.4, -0.2) is 16.1 Å². The summed E-state index contributed by atoms with van der Waals surface area (Å²) in [4.78, 5) is 15.0. The average Bonchev–Trinajstić information content (AvgIpc) is 2.84. The first-order valence-electron chi connectivity index (χ1n) is 5.89. The molecule has 3 aromatic rings. The zero-order valence-corrected chi connectivity index (χ0v) is 11.2. The van der Waals surface area contributed by atoms with Crippen molar-refractivity contribution in [3.63, 3.8) is 0 Å². The highest BCUT2D eigenvalue weighted by Crippen LogP contribution is 2.29. The lowest BCUT2D eigenvalue weighted by Crippen LogP contribution is -1.94. The standard InChI is InChI=1S/C14H8ClFN2O3/c15-8-2-1-3-9(16)12(8)18-14-17-10-5-4-7(13(19)20)6-11(10)21-14/h1-6H,(H,17,18)(H,19,20). The molecule has 1 heterocycles. The van der Waals surface area contributed by atoms with Crippen molar-refractivity contribution in [1.29, 1.82) is 0 Å². The number of nitrogens with one attached hydrogen (secondary N) is 1. The Balaban J connectivity index is 2.00. The summed E-state index contributed by atoms with van der Waals surface area (Å²) in [5, 5.41) is 11.7. The summed E-state index contributed by atoms with van der Waals surface area (Å²) < 4.78 is 19.0. The number of carboxylic acids is 1. The highest BCUT2D eigenvalue weighted by Gasteiger charge is 2.13. The lowest BCUT2D eigenvalue weighted by molar-refractivity contribution is 0.0697. The minimum absolute atomic E-state index is 0.0274. The van der Waals surface area contributed by atoms with E-state index in [1.165, 1.54) is 36.4 Å². The molecule has 0 spiro atoms. The molecule has 21 heavy (non-hydrogen) atoms. The number of oxazole rings is 1. The Morgan fingerprint density at radius 1 is 1.33 bits per heavy atom. The Hall–Kier alpha value is -2.60. The largest absolute Gasteiger partial charge is 0.478 e. The van der Waals surface area contributed by atoms with Crippen LogP contribution in [0.5, 0.6) is 0 Å². The number of aromatic nitrogens is 1. The first kappa shape index (κ1) is 13.4. The van der Waals surface area contributed by atoms with Crippen LogP contribution in [0.25, 0.3) is 11.1 Å². The van der Waals surface area contributed by atoms with Gasteiger partial charge in [0, 0.05) is 0 Å². The van der Waals surface area contributed by atoms with Gasteiger partial charge in [-0.3, -0.25) is 0 Å². The second-order valence-corrected chi connectivity index (χ2v) is 4.64. The van der Waals surface area contributed by atoms with Gasteiger partial charge in [0.15, 0.2) is 5.58 Å². The first-order chi connectivity index (χ1) is 10.0. The molecule has 0 bridgehead atoms. The molecule has 0 radical (unpaired) electrons. The van der Waals surface area contributed by atoms with E-state index in [9.17, 15) is 9.18 Å². The zero-order valence-electron chi connectivity index (χ0n) is 10.4. The highest BCUT2D eigenvalue weighted by molar-refractivity contribution is 6.33. The number of anilines is 2. The zero-order chi connectivity index (χ0) is 15.0. The molecule has 7 heteroatoms. The smallest absolute Gasteiger partial charge is 0.335 e. The lowest BCUT2D eigenvalue weighted by atomic mass is 10.2. The van der Waals surface area contributed by atoms with Gasteiger partial charge in [-0.1, -0.05) is 17.7 Å². The van der Waals surface area contributed by atoms with E-state index in [2.05, 4.69) is 10.3 Å². The first-order valence-corrected chi connectivity index (χ1v) is 6.27. The molecule has 0 aliphatic rings. The summed E-state index contributed by atoms with van der Waals surface area (Å²) >= 11 is 5.90. The normalized spacial score (nSPS) is 10.8. The molecule has 0 aliphatic heterocycles. The molecule has 0 atom stereocenters. The molecule has 0 fully saturated rings. The molecule has 2 aromatic carbocycles. The fraction of sp³-hybridized carbons (Fsp3) is 0. The van der Waals surface area contributed by atoms with Crippen LogP contribution in [0.3, 0.4) is 0 Å².